The standard InChI is InChI=1S/C38H24N2/c1-2-11-25(12-3-1)26-14-10-15-28(23-26)39-35-20-9-7-18-31(35)33-22-21-32-29-16-5-6-17-30(29)36-24-27-13-4-8-19-34(27)40(36)38(32)37(33)39/h1-24H. The van der Waals surface area contributed by atoms with E-state index in [1.54, 1.807) is 0 Å². The molecule has 0 saturated heterocycles. The molecule has 6 aromatic carbocycles. The second-order valence-corrected chi connectivity index (χ2v) is 10.6. The molecular formula is C38H24N2. The molecular weight excluding hydrogens is 484 g/mol. The third kappa shape index (κ3) is 2.88. The van der Waals surface area contributed by atoms with E-state index in [-0.39, 0.29) is 0 Å². The third-order valence-corrected chi connectivity index (χ3v) is 8.45. The van der Waals surface area contributed by atoms with Crippen molar-refractivity contribution < 1.29 is 0 Å². The minimum absolute atomic E-state index is 1.16. The molecule has 3 heterocycles. The molecule has 0 bridgehead atoms. The molecule has 186 valence electrons. The van der Waals surface area contributed by atoms with Crippen LogP contribution in [0.4, 0.5) is 0 Å². The van der Waals surface area contributed by atoms with E-state index in [9.17, 15) is 0 Å². The molecule has 2 heteroatoms. The monoisotopic (exact) mass is 508 g/mol. The summed E-state index contributed by atoms with van der Waals surface area (Å²) in [5.74, 6) is 0. The van der Waals surface area contributed by atoms with Crippen LogP contribution < -0.4 is 0 Å². The van der Waals surface area contributed by atoms with Gasteiger partial charge >= 0.3 is 0 Å². The maximum atomic E-state index is 2.49. The zero-order valence-electron chi connectivity index (χ0n) is 21.8. The Morgan fingerprint density at radius 1 is 0.350 bits per heavy atom. The summed E-state index contributed by atoms with van der Waals surface area (Å²) in [7, 11) is 0. The van der Waals surface area contributed by atoms with Gasteiger partial charge in [0.1, 0.15) is 0 Å². The molecule has 0 aliphatic heterocycles. The van der Waals surface area contributed by atoms with E-state index in [0.29, 0.717) is 0 Å². The zero-order valence-corrected chi connectivity index (χ0v) is 21.8. The van der Waals surface area contributed by atoms with Gasteiger partial charge in [0, 0.05) is 32.6 Å². The average Bonchev–Trinajstić information content (AvgIpc) is 3.58. The van der Waals surface area contributed by atoms with E-state index in [4.69, 9.17) is 0 Å². The highest BCUT2D eigenvalue weighted by molar-refractivity contribution is 6.25. The Labute approximate surface area is 230 Å². The Morgan fingerprint density at radius 3 is 1.80 bits per heavy atom. The van der Waals surface area contributed by atoms with Crippen LogP contribution in [-0.2, 0) is 0 Å². The number of fused-ring (bicyclic) bond motifs is 12. The van der Waals surface area contributed by atoms with Crippen LogP contribution in [0.25, 0.3) is 76.7 Å². The SMILES string of the molecule is c1ccc(-c2cccc(-n3c4ccccc4c4ccc5c6ccccc6c6cc7ccccc7n6c5c43)c2)cc1. The van der Waals surface area contributed by atoms with Gasteiger partial charge in [-0.3, -0.25) is 0 Å². The van der Waals surface area contributed by atoms with Crippen LogP contribution >= 0.6 is 0 Å². The first kappa shape index (κ1) is 21.6. The Kier molecular flexibility index (Phi) is 4.36. The molecule has 0 radical (unpaired) electrons. The van der Waals surface area contributed by atoms with Crippen molar-refractivity contribution in [1.82, 2.24) is 8.97 Å². The van der Waals surface area contributed by atoms with Crippen molar-refractivity contribution in [3.63, 3.8) is 0 Å². The Balaban J connectivity index is 1.54. The van der Waals surface area contributed by atoms with E-state index in [0.717, 1.165) is 5.69 Å². The van der Waals surface area contributed by atoms with E-state index in [2.05, 4.69) is 155 Å². The van der Waals surface area contributed by atoms with Crippen LogP contribution in [0.2, 0.25) is 0 Å². The number of rotatable bonds is 2. The fraction of sp³-hybridized carbons (Fsp3) is 0. The highest BCUT2D eigenvalue weighted by atomic mass is 15.0. The number of nitrogens with zero attached hydrogens (tertiary/aromatic N) is 2. The number of pyridine rings is 1. The highest BCUT2D eigenvalue weighted by Crippen LogP contribution is 2.41. The molecule has 2 nitrogen and oxygen atoms in total. The molecule has 0 amide bonds. The normalized spacial score (nSPS) is 12.0. The van der Waals surface area contributed by atoms with Crippen LogP contribution in [0.5, 0.6) is 0 Å². The van der Waals surface area contributed by atoms with Crippen molar-refractivity contribution in [3.05, 3.63) is 146 Å². The van der Waals surface area contributed by atoms with Crippen molar-refractivity contribution in [2.24, 2.45) is 0 Å². The van der Waals surface area contributed by atoms with Gasteiger partial charge in [-0.15, -0.1) is 0 Å². The molecule has 0 spiro atoms. The molecule has 0 aliphatic rings. The van der Waals surface area contributed by atoms with Gasteiger partial charge in [-0.25, -0.2) is 0 Å². The molecule has 9 aromatic rings. The molecule has 9 rings (SSSR count). The summed E-state index contributed by atoms with van der Waals surface area (Å²) in [5.41, 5.74) is 9.77. The molecule has 0 aliphatic carbocycles. The average molecular weight is 509 g/mol. The van der Waals surface area contributed by atoms with Crippen molar-refractivity contribution in [2.75, 3.05) is 0 Å². The van der Waals surface area contributed by atoms with Crippen molar-refractivity contribution in [3.8, 4) is 16.8 Å². The maximum absolute atomic E-state index is 2.49. The summed E-state index contributed by atoms with van der Waals surface area (Å²) >= 11 is 0. The van der Waals surface area contributed by atoms with E-state index >= 15 is 0 Å². The second-order valence-electron chi connectivity index (χ2n) is 10.6. The smallest absolute Gasteiger partial charge is 0.0788 e. The lowest BCUT2D eigenvalue weighted by Crippen LogP contribution is -1.98. The summed E-state index contributed by atoms with van der Waals surface area (Å²) < 4.78 is 4.97. The first-order valence-corrected chi connectivity index (χ1v) is 13.8. The van der Waals surface area contributed by atoms with Crippen molar-refractivity contribution in [1.29, 1.82) is 0 Å². The summed E-state index contributed by atoms with van der Waals surface area (Å²) in [6, 6.07) is 53.0. The van der Waals surface area contributed by atoms with Crippen molar-refractivity contribution >= 4 is 59.9 Å². The first-order chi connectivity index (χ1) is 19.9. The number of para-hydroxylation sites is 2. The fourth-order valence-electron chi connectivity index (χ4n) is 6.74. The van der Waals surface area contributed by atoms with Gasteiger partial charge in [-0.1, -0.05) is 115 Å². The van der Waals surface area contributed by atoms with E-state index < -0.39 is 0 Å². The zero-order chi connectivity index (χ0) is 26.2. The highest BCUT2D eigenvalue weighted by Gasteiger charge is 2.20. The summed E-state index contributed by atoms with van der Waals surface area (Å²) in [5, 5.41) is 7.61. The number of hydrogen-bond donors (Lipinski definition) is 0. The second kappa shape index (κ2) is 8.08. The van der Waals surface area contributed by atoms with Gasteiger partial charge < -0.3 is 8.97 Å². The lowest BCUT2D eigenvalue weighted by Gasteiger charge is -2.15. The van der Waals surface area contributed by atoms with Gasteiger partial charge in [-0.05, 0) is 46.8 Å². The summed E-state index contributed by atoms with van der Waals surface area (Å²) in [6.07, 6.45) is 0. The third-order valence-electron chi connectivity index (χ3n) is 8.45. The molecule has 40 heavy (non-hydrogen) atoms. The molecule has 0 N–H and O–H groups in total. The molecule has 0 saturated carbocycles. The van der Waals surface area contributed by atoms with Gasteiger partial charge in [0.25, 0.3) is 0 Å². The molecule has 0 unspecified atom stereocenters. The first-order valence-electron chi connectivity index (χ1n) is 13.8. The van der Waals surface area contributed by atoms with Crippen LogP contribution in [-0.4, -0.2) is 8.97 Å². The topological polar surface area (TPSA) is 9.34 Å². The fourth-order valence-corrected chi connectivity index (χ4v) is 6.74. The van der Waals surface area contributed by atoms with Gasteiger partial charge in [0.15, 0.2) is 0 Å². The predicted octanol–water partition coefficient (Wildman–Crippen LogP) is 10.2. The number of hydrogen-bond acceptors (Lipinski definition) is 0. The van der Waals surface area contributed by atoms with Gasteiger partial charge in [0.2, 0.25) is 0 Å². The molecule has 0 fully saturated rings. The van der Waals surface area contributed by atoms with E-state index in [1.807, 2.05) is 0 Å². The summed E-state index contributed by atoms with van der Waals surface area (Å²) in [6.45, 7) is 0. The van der Waals surface area contributed by atoms with Crippen LogP contribution in [0, 0.1) is 0 Å². The quantitative estimate of drug-likeness (QED) is 0.206. The van der Waals surface area contributed by atoms with Gasteiger partial charge in [-0.2, -0.15) is 0 Å². The van der Waals surface area contributed by atoms with Crippen LogP contribution in [0.15, 0.2) is 146 Å². The Hall–Kier alpha value is -5.34. The lowest BCUT2D eigenvalue weighted by atomic mass is 10.0. The maximum Gasteiger partial charge on any atom is 0.0788 e. The van der Waals surface area contributed by atoms with Crippen molar-refractivity contribution in [2.45, 2.75) is 0 Å². The predicted molar refractivity (Wildman–Crippen MR) is 170 cm³/mol. The molecule has 3 aromatic heterocycles. The summed E-state index contributed by atoms with van der Waals surface area (Å²) in [4.78, 5) is 0. The largest absolute Gasteiger partial charge is 0.307 e. The number of benzene rings is 6. The Morgan fingerprint density at radius 2 is 0.975 bits per heavy atom. The van der Waals surface area contributed by atoms with Crippen LogP contribution in [0.1, 0.15) is 0 Å². The van der Waals surface area contributed by atoms with Crippen LogP contribution in [0.3, 0.4) is 0 Å². The molecule has 0 atom stereocenters. The van der Waals surface area contributed by atoms with E-state index in [1.165, 1.54) is 71.0 Å². The van der Waals surface area contributed by atoms with Gasteiger partial charge in [0.05, 0.1) is 27.6 Å². The lowest BCUT2D eigenvalue weighted by molar-refractivity contribution is 1.18. The minimum Gasteiger partial charge on any atom is -0.307 e. The Bertz CT molecular complexity index is 2420. The minimum atomic E-state index is 1.16. The number of aromatic nitrogens is 2.